The van der Waals surface area contributed by atoms with Gasteiger partial charge >= 0.3 is 0 Å². The van der Waals surface area contributed by atoms with E-state index in [9.17, 15) is 4.79 Å². The van der Waals surface area contributed by atoms with E-state index in [-0.39, 0.29) is 11.9 Å². The van der Waals surface area contributed by atoms with Crippen molar-refractivity contribution in [3.63, 3.8) is 0 Å². The highest BCUT2D eigenvalue weighted by molar-refractivity contribution is 6.31. The average Bonchev–Trinajstić information content (AvgIpc) is 2.28. The Balaban J connectivity index is 2.61. The largest absolute Gasteiger partial charge is 0.350 e. The molecule has 0 aliphatic carbocycles. The van der Waals surface area contributed by atoms with Crippen LogP contribution < -0.4 is 11.1 Å². The van der Waals surface area contributed by atoms with E-state index in [1.54, 1.807) is 12.1 Å². The van der Waals surface area contributed by atoms with Gasteiger partial charge in [-0.05, 0) is 30.5 Å². The van der Waals surface area contributed by atoms with E-state index in [0.29, 0.717) is 23.0 Å². The highest BCUT2D eigenvalue weighted by Gasteiger charge is 2.11. The molecule has 94 valence electrons. The van der Waals surface area contributed by atoms with Crippen LogP contribution in [0.15, 0.2) is 18.2 Å². The first-order valence-electron chi connectivity index (χ1n) is 5.71. The summed E-state index contributed by atoms with van der Waals surface area (Å²) in [6.07, 6.45) is 0. The monoisotopic (exact) mass is 254 g/mol. The van der Waals surface area contributed by atoms with E-state index >= 15 is 0 Å². The fourth-order valence-electron chi connectivity index (χ4n) is 1.28. The lowest BCUT2D eigenvalue weighted by atomic mass is 10.1. The maximum atomic E-state index is 11.8. The van der Waals surface area contributed by atoms with Gasteiger partial charge in [0.15, 0.2) is 0 Å². The van der Waals surface area contributed by atoms with E-state index in [0.717, 1.165) is 5.56 Å². The smallest absolute Gasteiger partial charge is 0.251 e. The Bertz CT molecular complexity index is 404. The zero-order chi connectivity index (χ0) is 13.0. The first kappa shape index (κ1) is 14.0. The summed E-state index contributed by atoms with van der Waals surface area (Å²) in [5.74, 6) is 0.208. The average molecular weight is 255 g/mol. The molecule has 17 heavy (non-hydrogen) atoms. The van der Waals surface area contributed by atoms with Crippen LogP contribution in [0.2, 0.25) is 5.02 Å². The zero-order valence-electron chi connectivity index (χ0n) is 10.5. The number of hydrogen-bond acceptors (Lipinski definition) is 2. The third-order valence-corrected chi connectivity index (χ3v) is 3.20. The molecule has 0 fully saturated rings. The molecule has 1 amide bonds. The molecule has 1 aromatic rings. The van der Waals surface area contributed by atoms with Gasteiger partial charge in [0, 0.05) is 23.2 Å². The second-order valence-electron chi connectivity index (χ2n) is 4.58. The zero-order valence-corrected chi connectivity index (χ0v) is 11.2. The molecule has 1 rings (SSSR count). The van der Waals surface area contributed by atoms with Crippen LogP contribution in [0.25, 0.3) is 0 Å². The summed E-state index contributed by atoms with van der Waals surface area (Å²) in [5, 5.41) is 3.41. The topological polar surface area (TPSA) is 55.1 Å². The summed E-state index contributed by atoms with van der Waals surface area (Å²) in [6, 6.07) is 5.24. The van der Waals surface area contributed by atoms with Crippen molar-refractivity contribution >= 4 is 17.5 Å². The van der Waals surface area contributed by atoms with Crippen LogP contribution in [0.1, 0.15) is 29.8 Å². The predicted molar refractivity (Wildman–Crippen MR) is 71.3 cm³/mol. The summed E-state index contributed by atoms with van der Waals surface area (Å²) in [6.45, 7) is 6.43. The second kappa shape index (κ2) is 6.03. The molecule has 3 nitrogen and oxygen atoms in total. The molecule has 0 saturated carbocycles. The lowest BCUT2D eigenvalue weighted by molar-refractivity contribution is 0.0949. The van der Waals surface area contributed by atoms with Crippen LogP contribution in [0.3, 0.4) is 0 Å². The van der Waals surface area contributed by atoms with Crippen molar-refractivity contribution in [3.05, 3.63) is 34.3 Å². The third-order valence-electron chi connectivity index (χ3n) is 2.79. The van der Waals surface area contributed by atoms with E-state index < -0.39 is 0 Å². The molecule has 0 aromatic heterocycles. The van der Waals surface area contributed by atoms with Crippen LogP contribution in [-0.4, -0.2) is 18.5 Å². The van der Waals surface area contributed by atoms with Crippen LogP contribution in [0, 0.1) is 12.8 Å². The van der Waals surface area contributed by atoms with Crippen LogP contribution in [0.4, 0.5) is 0 Å². The number of carbonyl (C=O) groups excluding carboxylic acids is 1. The van der Waals surface area contributed by atoms with Gasteiger partial charge in [-0.25, -0.2) is 0 Å². The van der Waals surface area contributed by atoms with Crippen molar-refractivity contribution in [2.75, 3.05) is 6.54 Å². The Kier molecular flexibility index (Phi) is 4.97. The molecule has 0 radical (unpaired) electrons. The van der Waals surface area contributed by atoms with Gasteiger partial charge in [-0.15, -0.1) is 0 Å². The highest BCUT2D eigenvalue weighted by atomic mass is 35.5. The van der Waals surface area contributed by atoms with E-state index in [4.69, 9.17) is 17.3 Å². The molecule has 1 unspecified atom stereocenters. The van der Waals surface area contributed by atoms with Gasteiger partial charge in [-0.1, -0.05) is 31.5 Å². The van der Waals surface area contributed by atoms with Gasteiger partial charge in [0.1, 0.15) is 0 Å². The molecule has 0 heterocycles. The quantitative estimate of drug-likeness (QED) is 0.867. The fourth-order valence-corrected chi connectivity index (χ4v) is 1.46. The highest BCUT2D eigenvalue weighted by Crippen LogP contribution is 2.16. The summed E-state index contributed by atoms with van der Waals surface area (Å²) < 4.78 is 0. The standard InChI is InChI=1S/C13H19ClN2O/c1-8(2)12(15)7-16-13(17)10-5-4-9(3)11(14)6-10/h4-6,8,12H,7,15H2,1-3H3,(H,16,17). The second-order valence-corrected chi connectivity index (χ2v) is 4.99. The van der Waals surface area contributed by atoms with Gasteiger partial charge in [0.25, 0.3) is 5.91 Å². The van der Waals surface area contributed by atoms with Gasteiger partial charge in [-0.3, -0.25) is 4.79 Å². The summed E-state index contributed by atoms with van der Waals surface area (Å²) in [5.41, 5.74) is 7.38. The minimum absolute atomic E-state index is 0.0279. The number of hydrogen-bond donors (Lipinski definition) is 2. The Morgan fingerprint density at radius 2 is 2.12 bits per heavy atom. The van der Waals surface area contributed by atoms with Crippen LogP contribution in [-0.2, 0) is 0 Å². The predicted octanol–water partition coefficient (Wildman–Crippen LogP) is 2.36. The molecular formula is C13H19ClN2O. The third kappa shape index (κ3) is 4.02. The lowest BCUT2D eigenvalue weighted by Gasteiger charge is -2.16. The molecular weight excluding hydrogens is 236 g/mol. The van der Waals surface area contributed by atoms with E-state index in [1.807, 2.05) is 26.8 Å². The van der Waals surface area contributed by atoms with Crippen molar-refractivity contribution in [2.45, 2.75) is 26.8 Å². The minimum Gasteiger partial charge on any atom is -0.350 e. The number of halogens is 1. The van der Waals surface area contributed by atoms with Crippen molar-refractivity contribution in [2.24, 2.45) is 11.7 Å². The number of aryl methyl sites for hydroxylation is 1. The SMILES string of the molecule is Cc1ccc(C(=O)NCC(N)C(C)C)cc1Cl. The number of nitrogens with one attached hydrogen (secondary N) is 1. The maximum Gasteiger partial charge on any atom is 0.251 e. The molecule has 4 heteroatoms. The van der Waals surface area contributed by atoms with Crippen LogP contribution >= 0.6 is 11.6 Å². The molecule has 0 aliphatic heterocycles. The van der Waals surface area contributed by atoms with Crippen molar-refractivity contribution < 1.29 is 4.79 Å². The van der Waals surface area contributed by atoms with Gasteiger partial charge in [0.2, 0.25) is 0 Å². The van der Waals surface area contributed by atoms with Crippen molar-refractivity contribution in [1.29, 1.82) is 0 Å². The van der Waals surface area contributed by atoms with Gasteiger partial charge in [0.05, 0.1) is 0 Å². The number of amides is 1. The molecule has 0 bridgehead atoms. The number of benzene rings is 1. The first-order valence-corrected chi connectivity index (χ1v) is 6.09. The van der Waals surface area contributed by atoms with Crippen molar-refractivity contribution in [3.8, 4) is 0 Å². The number of rotatable bonds is 4. The Hall–Kier alpha value is -1.06. The number of nitrogens with two attached hydrogens (primary N) is 1. The molecule has 1 atom stereocenters. The molecule has 0 spiro atoms. The fraction of sp³-hybridized carbons (Fsp3) is 0.462. The molecule has 1 aromatic carbocycles. The van der Waals surface area contributed by atoms with Crippen molar-refractivity contribution in [1.82, 2.24) is 5.32 Å². The van der Waals surface area contributed by atoms with E-state index in [1.165, 1.54) is 0 Å². The molecule has 0 aliphatic rings. The normalized spacial score (nSPS) is 12.6. The van der Waals surface area contributed by atoms with Gasteiger partial charge < -0.3 is 11.1 Å². The molecule has 0 saturated heterocycles. The lowest BCUT2D eigenvalue weighted by Crippen LogP contribution is -2.40. The first-order chi connectivity index (χ1) is 7.91. The summed E-state index contributed by atoms with van der Waals surface area (Å²) >= 11 is 5.97. The Labute approximate surface area is 107 Å². The maximum absolute atomic E-state index is 11.8. The van der Waals surface area contributed by atoms with Crippen LogP contribution in [0.5, 0.6) is 0 Å². The Morgan fingerprint density at radius 1 is 1.47 bits per heavy atom. The molecule has 3 N–H and O–H groups in total. The summed E-state index contributed by atoms with van der Waals surface area (Å²) in [7, 11) is 0. The Morgan fingerprint density at radius 3 is 2.65 bits per heavy atom. The van der Waals surface area contributed by atoms with Gasteiger partial charge in [-0.2, -0.15) is 0 Å². The van der Waals surface area contributed by atoms with E-state index in [2.05, 4.69) is 5.32 Å². The summed E-state index contributed by atoms with van der Waals surface area (Å²) in [4.78, 5) is 11.8. The number of carbonyl (C=O) groups is 1. The minimum atomic E-state index is -0.136.